The molecule has 3 nitrogen and oxygen atoms in total. The number of hydrazine groups is 1. The van der Waals surface area contributed by atoms with Crippen molar-refractivity contribution in [1.29, 1.82) is 0 Å². The van der Waals surface area contributed by atoms with Crippen LogP contribution in [0.1, 0.15) is 18.5 Å². The van der Waals surface area contributed by atoms with Gasteiger partial charge in [0.05, 0.1) is 0 Å². The van der Waals surface area contributed by atoms with Crippen LogP contribution in [0.4, 0.5) is 0 Å². The number of hydrogen-bond acceptors (Lipinski definition) is 2. The smallest absolute Gasteiger partial charge is 0.0457 e. The van der Waals surface area contributed by atoms with Crippen LogP contribution in [0.2, 0.25) is 0 Å². The molecule has 68 valence electrons. The first-order chi connectivity index (χ1) is 6.33. The summed E-state index contributed by atoms with van der Waals surface area (Å²) in [6, 6.07) is 8.37. The molecule has 0 radical (unpaired) electrons. The van der Waals surface area contributed by atoms with Crippen LogP contribution in [0.25, 0.3) is 10.9 Å². The van der Waals surface area contributed by atoms with E-state index in [0.717, 1.165) is 5.52 Å². The Kier molecular flexibility index (Phi) is 2.04. The molecule has 0 saturated heterocycles. The first-order valence-corrected chi connectivity index (χ1v) is 4.35. The van der Waals surface area contributed by atoms with Crippen molar-refractivity contribution in [1.82, 2.24) is 10.4 Å². The summed E-state index contributed by atoms with van der Waals surface area (Å²) in [5.41, 5.74) is 5.10. The van der Waals surface area contributed by atoms with Gasteiger partial charge in [0, 0.05) is 23.1 Å². The Labute approximate surface area is 76.9 Å². The molecule has 4 N–H and O–H groups in total. The van der Waals surface area contributed by atoms with Crippen LogP contribution >= 0.6 is 0 Å². The minimum absolute atomic E-state index is 0.177. The van der Waals surface area contributed by atoms with E-state index in [1.807, 2.05) is 25.3 Å². The van der Waals surface area contributed by atoms with Gasteiger partial charge in [0.15, 0.2) is 0 Å². The van der Waals surface area contributed by atoms with Gasteiger partial charge in [-0.05, 0) is 18.6 Å². The minimum atomic E-state index is 0.177. The molecule has 1 atom stereocenters. The molecule has 0 bridgehead atoms. The lowest BCUT2D eigenvalue weighted by Gasteiger charge is -2.07. The van der Waals surface area contributed by atoms with Crippen LogP contribution in [0.5, 0.6) is 0 Å². The number of nitrogens with two attached hydrogens (primary N) is 1. The van der Waals surface area contributed by atoms with Gasteiger partial charge in [-0.1, -0.05) is 18.2 Å². The van der Waals surface area contributed by atoms with Gasteiger partial charge in [-0.2, -0.15) is 0 Å². The van der Waals surface area contributed by atoms with Crippen LogP contribution in [0, 0.1) is 0 Å². The molecule has 1 heterocycles. The van der Waals surface area contributed by atoms with E-state index in [9.17, 15) is 0 Å². The largest absolute Gasteiger partial charge is 0.361 e. The van der Waals surface area contributed by atoms with Crippen molar-refractivity contribution in [2.75, 3.05) is 0 Å². The van der Waals surface area contributed by atoms with Gasteiger partial charge in [0.25, 0.3) is 0 Å². The second-order valence-electron chi connectivity index (χ2n) is 3.18. The molecule has 0 amide bonds. The minimum Gasteiger partial charge on any atom is -0.361 e. The van der Waals surface area contributed by atoms with Crippen LogP contribution in [-0.4, -0.2) is 4.98 Å². The quantitative estimate of drug-likeness (QED) is 0.480. The third-order valence-electron chi connectivity index (χ3n) is 2.34. The molecule has 0 aliphatic carbocycles. The Morgan fingerprint density at radius 3 is 2.92 bits per heavy atom. The highest BCUT2D eigenvalue weighted by Gasteiger charge is 2.07. The van der Waals surface area contributed by atoms with E-state index >= 15 is 0 Å². The van der Waals surface area contributed by atoms with Crippen LogP contribution < -0.4 is 11.3 Å². The van der Waals surface area contributed by atoms with E-state index < -0.39 is 0 Å². The number of aromatic amines is 1. The third kappa shape index (κ3) is 1.32. The van der Waals surface area contributed by atoms with Gasteiger partial charge in [0.2, 0.25) is 0 Å². The molecule has 2 aromatic rings. The number of fused-ring (bicyclic) bond motifs is 1. The van der Waals surface area contributed by atoms with Crippen molar-refractivity contribution < 1.29 is 0 Å². The lowest BCUT2D eigenvalue weighted by atomic mass is 10.1. The standard InChI is InChI=1S/C10H13N3/c1-7(13-11)9-6-12-10-5-3-2-4-8(9)10/h2-7,12-13H,11H2,1H3. The van der Waals surface area contributed by atoms with Crippen LogP contribution in [-0.2, 0) is 0 Å². The molecule has 0 spiro atoms. The van der Waals surface area contributed by atoms with Crippen molar-refractivity contribution in [3.63, 3.8) is 0 Å². The van der Waals surface area contributed by atoms with Gasteiger partial charge in [-0.3, -0.25) is 11.3 Å². The normalized spacial score (nSPS) is 13.4. The maximum Gasteiger partial charge on any atom is 0.0457 e. The summed E-state index contributed by atoms with van der Waals surface area (Å²) in [6.45, 7) is 2.04. The van der Waals surface area contributed by atoms with Gasteiger partial charge in [-0.15, -0.1) is 0 Å². The Balaban J connectivity index is 2.57. The summed E-state index contributed by atoms with van der Waals surface area (Å²) in [5.74, 6) is 5.39. The predicted molar refractivity (Wildman–Crippen MR) is 54.0 cm³/mol. The second-order valence-corrected chi connectivity index (χ2v) is 3.18. The van der Waals surface area contributed by atoms with E-state index in [0.29, 0.717) is 0 Å². The maximum atomic E-state index is 5.39. The van der Waals surface area contributed by atoms with E-state index in [2.05, 4.69) is 22.5 Å². The highest BCUT2D eigenvalue weighted by atomic mass is 15.2. The molecular weight excluding hydrogens is 162 g/mol. The average Bonchev–Trinajstić information content (AvgIpc) is 2.60. The summed E-state index contributed by atoms with van der Waals surface area (Å²) in [4.78, 5) is 3.21. The number of para-hydroxylation sites is 1. The van der Waals surface area contributed by atoms with Crippen molar-refractivity contribution in [2.24, 2.45) is 5.84 Å². The van der Waals surface area contributed by atoms with Gasteiger partial charge >= 0.3 is 0 Å². The fraction of sp³-hybridized carbons (Fsp3) is 0.200. The summed E-state index contributed by atoms with van der Waals surface area (Å²) in [6.07, 6.45) is 2.00. The predicted octanol–water partition coefficient (Wildman–Crippen LogP) is 1.69. The van der Waals surface area contributed by atoms with E-state index in [1.54, 1.807) is 0 Å². The number of benzene rings is 1. The molecule has 13 heavy (non-hydrogen) atoms. The topological polar surface area (TPSA) is 53.8 Å². The first-order valence-electron chi connectivity index (χ1n) is 4.35. The van der Waals surface area contributed by atoms with Crippen molar-refractivity contribution in [3.05, 3.63) is 36.0 Å². The van der Waals surface area contributed by atoms with Gasteiger partial charge in [-0.25, -0.2) is 0 Å². The van der Waals surface area contributed by atoms with Gasteiger partial charge < -0.3 is 4.98 Å². The Bertz CT molecular complexity index is 405. The zero-order chi connectivity index (χ0) is 9.26. The monoisotopic (exact) mass is 175 g/mol. The molecule has 1 aromatic carbocycles. The van der Waals surface area contributed by atoms with Crippen LogP contribution in [0.15, 0.2) is 30.5 Å². The SMILES string of the molecule is CC(NN)c1c[nH]c2ccccc12. The number of nitrogens with one attached hydrogen (secondary N) is 2. The molecule has 0 fully saturated rings. The Morgan fingerprint density at radius 2 is 2.15 bits per heavy atom. The maximum absolute atomic E-state index is 5.39. The highest BCUT2D eigenvalue weighted by molar-refractivity contribution is 5.83. The fourth-order valence-corrected chi connectivity index (χ4v) is 1.54. The van der Waals surface area contributed by atoms with Crippen molar-refractivity contribution >= 4 is 10.9 Å². The zero-order valence-corrected chi connectivity index (χ0v) is 7.54. The number of aromatic nitrogens is 1. The number of hydrogen-bond donors (Lipinski definition) is 3. The molecule has 3 heteroatoms. The first kappa shape index (κ1) is 8.29. The third-order valence-corrected chi connectivity index (χ3v) is 2.34. The molecule has 0 saturated carbocycles. The average molecular weight is 175 g/mol. The number of H-pyrrole nitrogens is 1. The lowest BCUT2D eigenvalue weighted by molar-refractivity contribution is 0.606. The molecule has 0 aliphatic heterocycles. The summed E-state index contributed by atoms with van der Waals surface area (Å²) in [7, 11) is 0. The number of rotatable bonds is 2. The summed E-state index contributed by atoms with van der Waals surface area (Å²) < 4.78 is 0. The van der Waals surface area contributed by atoms with Crippen molar-refractivity contribution in [3.8, 4) is 0 Å². The molecule has 2 rings (SSSR count). The highest BCUT2D eigenvalue weighted by Crippen LogP contribution is 2.22. The van der Waals surface area contributed by atoms with E-state index in [-0.39, 0.29) is 6.04 Å². The molecule has 1 unspecified atom stereocenters. The molecule has 1 aromatic heterocycles. The molecule has 0 aliphatic rings. The summed E-state index contributed by atoms with van der Waals surface area (Å²) in [5, 5.41) is 1.23. The van der Waals surface area contributed by atoms with Gasteiger partial charge in [0.1, 0.15) is 0 Å². The van der Waals surface area contributed by atoms with E-state index in [4.69, 9.17) is 5.84 Å². The van der Waals surface area contributed by atoms with Crippen molar-refractivity contribution in [2.45, 2.75) is 13.0 Å². The fourth-order valence-electron chi connectivity index (χ4n) is 1.54. The van der Waals surface area contributed by atoms with E-state index in [1.165, 1.54) is 10.9 Å². The Hall–Kier alpha value is -1.32. The lowest BCUT2D eigenvalue weighted by Crippen LogP contribution is -2.25. The second kappa shape index (κ2) is 3.20. The molecular formula is C10H13N3. The Morgan fingerprint density at radius 1 is 1.38 bits per heavy atom. The van der Waals surface area contributed by atoms with Crippen LogP contribution in [0.3, 0.4) is 0 Å². The summed E-state index contributed by atoms with van der Waals surface area (Å²) >= 11 is 0. The zero-order valence-electron chi connectivity index (χ0n) is 7.54.